The number of benzene rings is 1. The number of nitrogens with one attached hydrogen (secondary N) is 1. The van der Waals surface area contributed by atoms with Crippen LogP contribution in [0.2, 0.25) is 0 Å². The Kier molecular flexibility index (Phi) is 6.28. The minimum Gasteiger partial charge on any atom is -0.484 e. The van der Waals surface area contributed by atoms with Gasteiger partial charge < -0.3 is 20.7 Å². The van der Waals surface area contributed by atoms with Gasteiger partial charge in [0, 0.05) is 24.2 Å². The first-order valence-electron chi connectivity index (χ1n) is 10.4. The zero-order valence-corrected chi connectivity index (χ0v) is 17.2. The third kappa shape index (κ3) is 4.66. The molecule has 0 bridgehead atoms. The Bertz CT molecular complexity index is 691. The van der Waals surface area contributed by atoms with Crippen LogP contribution in [-0.2, 0) is 4.79 Å². The number of hydrogen-bond acceptors (Lipinski definition) is 4. The number of carbonyl (C=O) groups is 2. The summed E-state index contributed by atoms with van der Waals surface area (Å²) in [7, 11) is 0. The van der Waals surface area contributed by atoms with Gasteiger partial charge in [0.1, 0.15) is 5.75 Å². The quantitative estimate of drug-likeness (QED) is 0.753. The lowest BCUT2D eigenvalue weighted by atomic mass is 9.95. The Morgan fingerprint density at radius 2 is 1.75 bits per heavy atom. The number of nitrogens with two attached hydrogens (primary N) is 1. The van der Waals surface area contributed by atoms with Crippen LogP contribution in [0.1, 0.15) is 63.2 Å². The van der Waals surface area contributed by atoms with E-state index in [1.165, 1.54) is 6.42 Å². The van der Waals surface area contributed by atoms with Crippen molar-refractivity contribution in [3.63, 3.8) is 0 Å². The molecule has 1 aliphatic carbocycles. The molecule has 3 N–H and O–H groups in total. The summed E-state index contributed by atoms with van der Waals surface area (Å²) in [5, 5.41) is 3.08. The zero-order chi connectivity index (χ0) is 20.3. The number of rotatable bonds is 7. The number of carbonyl (C=O) groups excluding carboxylic acids is 2. The number of ether oxygens (including phenoxy) is 1. The summed E-state index contributed by atoms with van der Waals surface area (Å²) in [4.78, 5) is 27.0. The summed E-state index contributed by atoms with van der Waals surface area (Å²) in [6.07, 6.45) is 5.48. The molecule has 0 radical (unpaired) electrons. The molecule has 2 aliphatic rings. The maximum Gasteiger partial charge on any atom is 0.260 e. The molecule has 0 aromatic heterocycles. The minimum atomic E-state index is -0.347. The van der Waals surface area contributed by atoms with Gasteiger partial charge in [-0.2, -0.15) is 0 Å². The lowest BCUT2D eigenvalue weighted by Gasteiger charge is -2.38. The molecule has 154 valence electrons. The number of amides is 2. The molecular formula is C22H33N3O3. The van der Waals surface area contributed by atoms with Crippen LogP contribution >= 0.6 is 0 Å². The van der Waals surface area contributed by atoms with Crippen LogP contribution in [0.5, 0.6) is 5.75 Å². The van der Waals surface area contributed by atoms with E-state index in [1.807, 2.05) is 11.8 Å². The molecule has 0 spiro atoms. The van der Waals surface area contributed by atoms with Gasteiger partial charge in [0.15, 0.2) is 6.61 Å². The first-order chi connectivity index (χ1) is 13.3. The lowest BCUT2D eigenvalue weighted by Crippen LogP contribution is -2.53. The van der Waals surface area contributed by atoms with Gasteiger partial charge in [-0.25, -0.2) is 0 Å². The van der Waals surface area contributed by atoms with Crippen LogP contribution in [-0.4, -0.2) is 47.5 Å². The normalized spacial score (nSPS) is 24.4. The molecule has 3 atom stereocenters. The van der Waals surface area contributed by atoms with E-state index in [0.29, 0.717) is 23.8 Å². The second kappa shape index (κ2) is 8.52. The summed E-state index contributed by atoms with van der Waals surface area (Å²) in [6, 6.07) is 7.45. The van der Waals surface area contributed by atoms with Gasteiger partial charge in [-0.15, -0.1) is 0 Å². The topological polar surface area (TPSA) is 84.7 Å². The van der Waals surface area contributed by atoms with E-state index in [1.54, 1.807) is 24.3 Å². The molecule has 2 fully saturated rings. The standard InChI is InChI=1S/C22H33N3O3/c1-15-5-4-6-16(2)25(15)20(26)13-28-19-11-7-17(8-12-19)21(27)24-22(3,14-23)18-9-10-18/h7-8,11-12,15-16,18H,4-6,9-10,13-14,23H2,1-3H3,(H,24,27). The van der Waals surface area contributed by atoms with Gasteiger partial charge in [0.2, 0.25) is 0 Å². The van der Waals surface area contributed by atoms with Crippen LogP contribution in [0.3, 0.4) is 0 Å². The number of nitrogens with zero attached hydrogens (tertiary/aromatic N) is 1. The second-order valence-corrected chi connectivity index (χ2v) is 8.59. The summed E-state index contributed by atoms with van der Waals surface area (Å²) in [5.41, 5.74) is 6.10. The van der Waals surface area contributed by atoms with Crippen LogP contribution < -0.4 is 15.8 Å². The van der Waals surface area contributed by atoms with Gasteiger partial charge in [-0.1, -0.05) is 0 Å². The number of likely N-dealkylation sites (tertiary alicyclic amines) is 1. The molecule has 1 aromatic carbocycles. The third-order valence-corrected chi connectivity index (χ3v) is 6.26. The predicted molar refractivity (Wildman–Crippen MR) is 109 cm³/mol. The van der Waals surface area contributed by atoms with Crippen molar-refractivity contribution in [3.8, 4) is 5.75 Å². The van der Waals surface area contributed by atoms with Crippen molar-refractivity contribution in [2.75, 3.05) is 13.2 Å². The Morgan fingerprint density at radius 3 is 2.29 bits per heavy atom. The van der Waals surface area contributed by atoms with Crippen molar-refractivity contribution in [3.05, 3.63) is 29.8 Å². The number of piperidine rings is 1. The molecular weight excluding hydrogens is 354 g/mol. The van der Waals surface area contributed by atoms with Crippen molar-refractivity contribution in [2.45, 2.75) is 70.5 Å². The zero-order valence-electron chi connectivity index (χ0n) is 17.2. The fraction of sp³-hybridized carbons (Fsp3) is 0.636. The fourth-order valence-electron chi connectivity index (χ4n) is 4.21. The maximum absolute atomic E-state index is 12.6. The minimum absolute atomic E-state index is 0.0182. The van der Waals surface area contributed by atoms with Gasteiger partial charge in [0.05, 0.1) is 5.54 Å². The van der Waals surface area contributed by atoms with Crippen molar-refractivity contribution in [1.29, 1.82) is 0 Å². The molecule has 1 aromatic rings. The highest BCUT2D eigenvalue weighted by atomic mass is 16.5. The summed E-state index contributed by atoms with van der Waals surface area (Å²) < 4.78 is 5.68. The molecule has 3 rings (SSSR count). The van der Waals surface area contributed by atoms with Crippen molar-refractivity contribution >= 4 is 11.8 Å². The molecule has 6 heteroatoms. The predicted octanol–water partition coefficient (Wildman–Crippen LogP) is 2.71. The number of hydrogen-bond donors (Lipinski definition) is 2. The Hall–Kier alpha value is -2.08. The SMILES string of the molecule is CC1CCCC(C)N1C(=O)COc1ccc(C(=O)NC(C)(CN)C2CC2)cc1. The third-order valence-electron chi connectivity index (χ3n) is 6.26. The van der Waals surface area contributed by atoms with E-state index < -0.39 is 0 Å². The second-order valence-electron chi connectivity index (χ2n) is 8.59. The molecule has 28 heavy (non-hydrogen) atoms. The van der Waals surface area contributed by atoms with Crippen molar-refractivity contribution in [2.24, 2.45) is 11.7 Å². The van der Waals surface area contributed by atoms with E-state index in [0.717, 1.165) is 25.7 Å². The van der Waals surface area contributed by atoms with Gasteiger partial charge in [0.25, 0.3) is 11.8 Å². The Balaban J connectivity index is 1.54. The van der Waals surface area contributed by atoms with Crippen molar-refractivity contribution < 1.29 is 14.3 Å². The monoisotopic (exact) mass is 387 g/mol. The smallest absolute Gasteiger partial charge is 0.260 e. The molecule has 3 unspecified atom stereocenters. The average molecular weight is 388 g/mol. The summed E-state index contributed by atoms with van der Waals surface area (Å²) in [5.74, 6) is 0.948. The molecule has 6 nitrogen and oxygen atoms in total. The summed E-state index contributed by atoms with van der Waals surface area (Å²) in [6.45, 7) is 6.65. The Morgan fingerprint density at radius 1 is 1.14 bits per heavy atom. The van der Waals surface area contributed by atoms with E-state index in [-0.39, 0.29) is 36.0 Å². The van der Waals surface area contributed by atoms with Crippen molar-refractivity contribution in [1.82, 2.24) is 10.2 Å². The highest BCUT2D eigenvalue weighted by Gasteiger charge is 2.41. The summed E-state index contributed by atoms with van der Waals surface area (Å²) >= 11 is 0. The van der Waals surface area contributed by atoms with E-state index in [9.17, 15) is 9.59 Å². The van der Waals surface area contributed by atoms with E-state index >= 15 is 0 Å². The van der Waals surface area contributed by atoms with Crippen LogP contribution in [0, 0.1) is 5.92 Å². The lowest BCUT2D eigenvalue weighted by molar-refractivity contribution is -0.139. The first-order valence-corrected chi connectivity index (χ1v) is 10.4. The molecule has 1 aliphatic heterocycles. The first kappa shape index (κ1) is 20.6. The van der Waals surface area contributed by atoms with Gasteiger partial charge in [-0.3, -0.25) is 9.59 Å². The molecule has 1 saturated carbocycles. The average Bonchev–Trinajstić information content (AvgIpc) is 3.52. The van der Waals surface area contributed by atoms with Gasteiger partial charge in [-0.05, 0) is 83.1 Å². The van der Waals surface area contributed by atoms with Crippen LogP contribution in [0.25, 0.3) is 0 Å². The largest absolute Gasteiger partial charge is 0.484 e. The van der Waals surface area contributed by atoms with E-state index in [4.69, 9.17) is 10.5 Å². The van der Waals surface area contributed by atoms with Crippen LogP contribution in [0.4, 0.5) is 0 Å². The molecule has 1 saturated heterocycles. The highest BCUT2D eigenvalue weighted by Crippen LogP contribution is 2.39. The van der Waals surface area contributed by atoms with Crippen LogP contribution in [0.15, 0.2) is 24.3 Å². The maximum atomic E-state index is 12.6. The van der Waals surface area contributed by atoms with E-state index in [2.05, 4.69) is 19.2 Å². The molecule has 1 heterocycles. The fourth-order valence-corrected chi connectivity index (χ4v) is 4.21. The Labute approximate surface area is 167 Å². The van der Waals surface area contributed by atoms with Gasteiger partial charge >= 0.3 is 0 Å². The highest BCUT2D eigenvalue weighted by molar-refractivity contribution is 5.94. The molecule has 2 amide bonds.